The monoisotopic (exact) mass is 381 g/mol. The SMILES string of the molecule is CC(=O)c1cccc(NC(=O)COC(=O)Cc2c(C)nc3ncnn3c2C)c1. The number of aromatic nitrogens is 4. The molecule has 0 saturated heterocycles. The van der Waals surface area contributed by atoms with Crippen molar-refractivity contribution in [3.8, 4) is 0 Å². The lowest BCUT2D eigenvalue weighted by Gasteiger charge is -2.11. The van der Waals surface area contributed by atoms with Gasteiger partial charge in [0.05, 0.1) is 6.42 Å². The van der Waals surface area contributed by atoms with Crippen molar-refractivity contribution < 1.29 is 19.1 Å². The predicted molar refractivity (Wildman–Crippen MR) is 100.0 cm³/mol. The first-order chi connectivity index (χ1) is 13.3. The maximum Gasteiger partial charge on any atom is 0.310 e. The van der Waals surface area contributed by atoms with Crippen LogP contribution in [0.2, 0.25) is 0 Å². The fourth-order valence-electron chi connectivity index (χ4n) is 2.77. The summed E-state index contributed by atoms with van der Waals surface area (Å²) >= 11 is 0. The summed E-state index contributed by atoms with van der Waals surface area (Å²) in [7, 11) is 0. The van der Waals surface area contributed by atoms with Crippen molar-refractivity contribution in [1.82, 2.24) is 19.6 Å². The van der Waals surface area contributed by atoms with Crippen LogP contribution in [0.1, 0.15) is 34.2 Å². The van der Waals surface area contributed by atoms with Crippen molar-refractivity contribution >= 4 is 29.1 Å². The molecule has 0 unspecified atom stereocenters. The highest BCUT2D eigenvalue weighted by molar-refractivity contribution is 5.97. The number of nitrogens with zero attached hydrogens (tertiary/aromatic N) is 4. The molecule has 0 saturated carbocycles. The minimum Gasteiger partial charge on any atom is -0.455 e. The van der Waals surface area contributed by atoms with Crippen LogP contribution in [0.5, 0.6) is 0 Å². The van der Waals surface area contributed by atoms with Gasteiger partial charge in [-0.25, -0.2) is 9.50 Å². The molecule has 1 N–H and O–H groups in total. The second kappa shape index (κ2) is 7.95. The molecule has 2 heterocycles. The first kappa shape index (κ1) is 19.2. The number of carbonyl (C=O) groups is 3. The fourth-order valence-corrected chi connectivity index (χ4v) is 2.77. The highest BCUT2D eigenvalue weighted by Crippen LogP contribution is 2.14. The average molecular weight is 381 g/mol. The van der Waals surface area contributed by atoms with Gasteiger partial charge in [0, 0.05) is 28.2 Å². The molecule has 0 fully saturated rings. The van der Waals surface area contributed by atoms with Crippen molar-refractivity contribution in [2.45, 2.75) is 27.2 Å². The Morgan fingerprint density at radius 1 is 1.21 bits per heavy atom. The molecular formula is C19H19N5O4. The number of esters is 1. The van der Waals surface area contributed by atoms with Crippen molar-refractivity contribution in [2.75, 3.05) is 11.9 Å². The smallest absolute Gasteiger partial charge is 0.310 e. The van der Waals surface area contributed by atoms with Gasteiger partial charge in [-0.15, -0.1) is 0 Å². The Hall–Kier alpha value is -3.62. The lowest BCUT2D eigenvalue weighted by atomic mass is 10.1. The van der Waals surface area contributed by atoms with Crippen LogP contribution in [-0.2, 0) is 20.7 Å². The summed E-state index contributed by atoms with van der Waals surface area (Å²) in [6.45, 7) is 4.60. The lowest BCUT2D eigenvalue weighted by molar-refractivity contribution is -0.146. The van der Waals surface area contributed by atoms with Gasteiger partial charge in [-0.3, -0.25) is 14.4 Å². The van der Waals surface area contributed by atoms with E-state index in [-0.39, 0.29) is 12.2 Å². The van der Waals surface area contributed by atoms with Gasteiger partial charge in [0.2, 0.25) is 0 Å². The summed E-state index contributed by atoms with van der Waals surface area (Å²) in [4.78, 5) is 43.9. The Labute approximate surface area is 160 Å². The van der Waals surface area contributed by atoms with Gasteiger partial charge < -0.3 is 10.1 Å². The minimum atomic E-state index is -0.555. The highest BCUT2D eigenvalue weighted by atomic mass is 16.5. The number of amides is 1. The molecule has 9 nitrogen and oxygen atoms in total. The second-order valence-electron chi connectivity index (χ2n) is 6.26. The molecule has 144 valence electrons. The molecule has 0 atom stereocenters. The average Bonchev–Trinajstić information content (AvgIpc) is 3.12. The van der Waals surface area contributed by atoms with E-state index in [1.807, 2.05) is 6.92 Å². The number of rotatable bonds is 6. The largest absolute Gasteiger partial charge is 0.455 e. The normalized spacial score (nSPS) is 10.7. The first-order valence-electron chi connectivity index (χ1n) is 8.57. The van der Waals surface area contributed by atoms with Gasteiger partial charge in [-0.1, -0.05) is 12.1 Å². The molecule has 2 aromatic heterocycles. The third kappa shape index (κ3) is 4.20. The van der Waals surface area contributed by atoms with Crippen LogP contribution in [-0.4, -0.2) is 43.8 Å². The number of ether oxygens (including phenoxy) is 1. The standard InChI is InChI=1S/C19H19N5O4/c1-11-16(12(2)24-19(22-11)20-10-21-24)8-18(27)28-9-17(26)23-15-6-4-5-14(7-15)13(3)25/h4-7,10H,8-9H2,1-3H3,(H,23,26). The molecule has 0 aliphatic rings. The molecular weight excluding hydrogens is 362 g/mol. The van der Waals surface area contributed by atoms with Crippen molar-refractivity contribution in [1.29, 1.82) is 0 Å². The molecule has 28 heavy (non-hydrogen) atoms. The van der Waals surface area contributed by atoms with E-state index >= 15 is 0 Å². The Balaban J connectivity index is 1.59. The number of hydrogen-bond donors (Lipinski definition) is 1. The summed E-state index contributed by atoms with van der Waals surface area (Å²) in [5.41, 5.74) is 3.01. The van der Waals surface area contributed by atoms with Crippen molar-refractivity contribution in [3.05, 3.63) is 53.1 Å². The van der Waals surface area contributed by atoms with E-state index in [4.69, 9.17) is 4.74 Å². The van der Waals surface area contributed by atoms with Crippen LogP contribution in [0.4, 0.5) is 5.69 Å². The molecule has 3 rings (SSSR count). The number of Topliss-reactive ketones (excluding diaryl/α,β-unsaturated/α-hetero) is 1. The van der Waals surface area contributed by atoms with Crippen LogP contribution in [0.15, 0.2) is 30.6 Å². The number of carbonyl (C=O) groups excluding carboxylic acids is 3. The highest BCUT2D eigenvalue weighted by Gasteiger charge is 2.16. The predicted octanol–water partition coefficient (Wildman–Crippen LogP) is 1.67. The quantitative estimate of drug-likeness (QED) is 0.510. The zero-order valence-electron chi connectivity index (χ0n) is 15.7. The van der Waals surface area contributed by atoms with Gasteiger partial charge in [-0.05, 0) is 32.9 Å². The number of nitrogens with one attached hydrogen (secondary N) is 1. The van der Waals surface area contributed by atoms with E-state index in [9.17, 15) is 14.4 Å². The van der Waals surface area contributed by atoms with Gasteiger partial charge in [0.25, 0.3) is 11.7 Å². The van der Waals surface area contributed by atoms with Crippen LogP contribution in [0.25, 0.3) is 5.78 Å². The third-order valence-electron chi connectivity index (χ3n) is 4.23. The van der Waals surface area contributed by atoms with Crippen LogP contribution in [0.3, 0.4) is 0 Å². The molecule has 9 heteroatoms. The summed E-state index contributed by atoms with van der Waals surface area (Å²) in [5.74, 6) is -0.696. The number of anilines is 1. The molecule has 0 spiro atoms. The number of aryl methyl sites for hydroxylation is 2. The summed E-state index contributed by atoms with van der Waals surface area (Å²) in [5, 5.41) is 6.67. The maximum absolute atomic E-state index is 12.2. The van der Waals surface area contributed by atoms with Crippen LogP contribution >= 0.6 is 0 Å². The Bertz CT molecular complexity index is 1070. The van der Waals surface area contributed by atoms with Crippen molar-refractivity contribution in [2.24, 2.45) is 0 Å². The van der Waals surface area contributed by atoms with E-state index in [0.29, 0.717) is 28.3 Å². The summed E-state index contributed by atoms with van der Waals surface area (Å²) < 4.78 is 6.62. The summed E-state index contributed by atoms with van der Waals surface area (Å²) in [6, 6.07) is 6.53. The Morgan fingerprint density at radius 3 is 2.75 bits per heavy atom. The lowest BCUT2D eigenvalue weighted by Crippen LogP contribution is -2.22. The van der Waals surface area contributed by atoms with E-state index in [2.05, 4.69) is 20.4 Å². The molecule has 0 aliphatic carbocycles. The van der Waals surface area contributed by atoms with Gasteiger partial charge >= 0.3 is 5.97 Å². The molecule has 0 radical (unpaired) electrons. The van der Waals surface area contributed by atoms with E-state index in [0.717, 1.165) is 5.69 Å². The molecule has 3 aromatic rings. The fraction of sp³-hybridized carbons (Fsp3) is 0.263. The first-order valence-corrected chi connectivity index (χ1v) is 8.57. The molecule has 0 aliphatic heterocycles. The van der Waals surface area contributed by atoms with Crippen LogP contribution < -0.4 is 5.32 Å². The number of ketones is 1. The molecule has 0 bridgehead atoms. The summed E-state index contributed by atoms with van der Waals surface area (Å²) in [6.07, 6.45) is 1.36. The number of hydrogen-bond acceptors (Lipinski definition) is 7. The van der Waals surface area contributed by atoms with Crippen LogP contribution in [0, 0.1) is 13.8 Å². The van der Waals surface area contributed by atoms with E-state index in [1.165, 1.54) is 13.3 Å². The van der Waals surface area contributed by atoms with Gasteiger partial charge in [0.15, 0.2) is 12.4 Å². The topological polar surface area (TPSA) is 116 Å². The van der Waals surface area contributed by atoms with Crippen molar-refractivity contribution in [3.63, 3.8) is 0 Å². The van der Waals surface area contributed by atoms with Gasteiger partial charge in [-0.2, -0.15) is 10.1 Å². The Morgan fingerprint density at radius 2 is 2.00 bits per heavy atom. The minimum absolute atomic E-state index is 0.0342. The van der Waals surface area contributed by atoms with E-state index in [1.54, 1.807) is 35.7 Å². The zero-order chi connectivity index (χ0) is 20.3. The van der Waals surface area contributed by atoms with E-state index < -0.39 is 18.5 Å². The molecule has 1 amide bonds. The Kier molecular flexibility index (Phi) is 5.44. The maximum atomic E-state index is 12.2. The number of benzene rings is 1. The van der Waals surface area contributed by atoms with Gasteiger partial charge in [0.1, 0.15) is 6.33 Å². The number of fused-ring (bicyclic) bond motifs is 1. The second-order valence-corrected chi connectivity index (χ2v) is 6.26. The third-order valence-corrected chi connectivity index (χ3v) is 4.23. The zero-order valence-corrected chi connectivity index (χ0v) is 15.7. The molecule has 1 aromatic carbocycles.